The highest BCUT2D eigenvalue weighted by atomic mass is 16.1. The number of hydrogen-bond acceptors (Lipinski definition) is 6. The van der Waals surface area contributed by atoms with Crippen LogP contribution in [0.2, 0.25) is 0 Å². The van der Waals surface area contributed by atoms with Crippen LogP contribution in [0.4, 0.5) is 11.6 Å². The lowest BCUT2D eigenvalue weighted by molar-refractivity contribution is 0.665. The molecule has 1 aliphatic carbocycles. The SMILES string of the molecule is CC(=C1CCC1)c1ccc(NCc2cnc3nc(N)[nH]c(=O)c3n2)cc1. The molecule has 4 N–H and O–H groups in total. The number of nitrogens with two attached hydrogens (primary N) is 1. The molecular weight excluding hydrogens is 328 g/mol. The average Bonchev–Trinajstić information content (AvgIpc) is 2.59. The van der Waals surface area contributed by atoms with Crippen molar-refractivity contribution in [2.24, 2.45) is 0 Å². The molecule has 2 heterocycles. The van der Waals surface area contributed by atoms with Gasteiger partial charge in [-0.2, -0.15) is 4.98 Å². The Balaban J connectivity index is 1.48. The second-order valence-electron chi connectivity index (χ2n) is 6.50. The van der Waals surface area contributed by atoms with Gasteiger partial charge in [0, 0.05) is 5.69 Å². The summed E-state index contributed by atoms with van der Waals surface area (Å²) in [5.74, 6) is 0.0370. The van der Waals surface area contributed by atoms with E-state index in [1.165, 1.54) is 30.4 Å². The van der Waals surface area contributed by atoms with Crippen molar-refractivity contribution in [2.75, 3.05) is 11.1 Å². The predicted molar refractivity (Wildman–Crippen MR) is 103 cm³/mol. The van der Waals surface area contributed by atoms with E-state index in [0.717, 1.165) is 5.69 Å². The number of nitrogens with one attached hydrogen (secondary N) is 2. The van der Waals surface area contributed by atoms with E-state index in [1.54, 1.807) is 11.8 Å². The number of H-pyrrole nitrogens is 1. The molecule has 2 aromatic heterocycles. The fraction of sp³-hybridized carbons (Fsp3) is 0.263. The monoisotopic (exact) mass is 348 g/mol. The number of allylic oxidation sites excluding steroid dienone is 2. The van der Waals surface area contributed by atoms with Crippen molar-refractivity contribution >= 4 is 28.4 Å². The molecule has 4 rings (SSSR count). The lowest BCUT2D eigenvalue weighted by Crippen LogP contribution is -2.15. The molecule has 0 spiro atoms. The number of rotatable bonds is 4. The molecule has 0 radical (unpaired) electrons. The summed E-state index contributed by atoms with van der Waals surface area (Å²) in [4.78, 5) is 26.8. The molecule has 7 nitrogen and oxygen atoms in total. The maximum Gasteiger partial charge on any atom is 0.280 e. The fourth-order valence-corrected chi connectivity index (χ4v) is 3.02. The number of nitrogens with zero attached hydrogens (tertiary/aromatic N) is 3. The second-order valence-corrected chi connectivity index (χ2v) is 6.50. The summed E-state index contributed by atoms with van der Waals surface area (Å²) < 4.78 is 0. The van der Waals surface area contributed by atoms with Gasteiger partial charge in [-0.25, -0.2) is 9.97 Å². The predicted octanol–water partition coefficient (Wildman–Crippen LogP) is 2.86. The lowest BCUT2D eigenvalue weighted by Gasteiger charge is -2.20. The summed E-state index contributed by atoms with van der Waals surface area (Å²) in [6.07, 6.45) is 5.36. The number of aromatic nitrogens is 4. The van der Waals surface area contributed by atoms with Gasteiger partial charge in [0.15, 0.2) is 11.2 Å². The lowest BCUT2D eigenvalue weighted by atomic mass is 9.86. The number of hydrogen-bond donors (Lipinski definition) is 3. The van der Waals surface area contributed by atoms with Gasteiger partial charge in [-0.3, -0.25) is 9.78 Å². The van der Waals surface area contributed by atoms with E-state index in [9.17, 15) is 4.79 Å². The minimum Gasteiger partial charge on any atom is -0.379 e. The first kappa shape index (κ1) is 16.3. The fourth-order valence-electron chi connectivity index (χ4n) is 3.02. The van der Waals surface area contributed by atoms with Crippen LogP contribution in [0.1, 0.15) is 37.4 Å². The van der Waals surface area contributed by atoms with Crippen molar-refractivity contribution in [3.63, 3.8) is 0 Å². The zero-order valence-corrected chi connectivity index (χ0v) is 14.5. The molecule has 1 aliphatic rings. The van der Waals surface area contributed by atoms with E-state index in [2.05, 4.69) is 56.4 Å². The van der Waals surface area contributed by atoms with Gasteiger partial charge in [0.05, 0.1) is 18.4 Å². The zero-order chi connectivity index (χ0) is 18.1. The summed E-state index contributed by atoms with van der Waals surface area (Å²) in [5, 5.41) is 3.30. The van der Waals surface area contributed by atoms with Gasteiger partial charge in [-0.1, -0.05) is 17.7 Å². The molecule has 0 saturated heterocycles. The first-order valence-electron chi connectivity index (χ1n) is 8.64. The number of aromatic amines is 1. The molecule has 0 bridgehead atoms. The van der Waals surface area contributed by atoms with Gasteiger partial charge in [0.25, 0.3) is 5.56 Å². The highest BCUT2D eigenvalue weighted by Gasteiger charge is 2.12. The summed E-state index contributed by atoms with van der Waals surface area (Å²) in [6.45, 7) is 2.66. The Kier molecular flexibility index (Phi) is 4.12. The quantitative estimate of drug-likeness (QED) is 0.669. The zero-order valence-electron chi connectivity index (χ0n) is 14.5. The third-order valence-corrected chi connectivity index (χ3v) is 4.77. The number of benzene rings is 1. The molecule has 0 amide bonds. The summed E-state index contributed by atoms with van der Waals surface area (Å²) in [7, 11) is 0. The number of nitrogen functional groups attached to an aromatic ring is 1. The largest absolute Gasteiger partial charge is 0.379 e. The van der Waals surface area contributed by atoms with Crippen LogP contribution >= 0.6 is 0 Å². The van der Waals surface area contributed by atoms with Gasteiger partial charge in [-0.05, 0) is 49.5 Å². The van der Waals surface area contributed by atoms with Crippen molar-refractivity contribution in [2.45, 2.75) is 32.7 Å². The minimum atomic E-state index is -0.384. The maximum atomic E-state index is 11.9. The van der Waals surface area contributed by atoms with Crippen LogP contribution in [0.15, 0.2) is 40.8 Å². The summed E-state index contributed by atoms with van der Waals surface area (Å²) >= 11 is 0. The van der Waals surface area contributed by atoms with E-state index in [4.69, 9.17) is 5.73 Å². The summed E-state index contributed by atoms with van der Waals surface area (Å²) in [5.41, 5.74) is 11.5. The van der Waals surface area contributed by atoms with E-state index in [0.29, 0.717) is 12.2 Å². The van der Waals surface area contributed by atoms with E-state index >= 15 is 0 Å². The average molecular weight is 348 g/mol. The minimum absolute atomic E-state index is 0.0370. The Bertz CT molecular complexity index is 1050. The first-order valence-corrected chi connectivity index (χ1v) is 8.64. The molecule has 26 heavy (non-hydrogen) atoms. The van der Waals surface area contributed by atoms with Crippen LogP contribution in [0, 0.1) is 0 Å². The van der Waals surface area contributed by atoms with Crippen LogP contribution in [-0.4, -0.2) is 19.9 Å². The normalized spacial score (nSPS) is 13.5. The third-order valence-electron chi connectivity index (χ3n) is 4.77. The Morgan fingerprint density at radius 1 is 1.23 bits per heavy atom. The Labute approximate surface area is 150 Å². The smallest absolute Gasteiger partial charge is 0.280 e. The van der Waals surface area contributed by atoms with Gasteiger partial charge < -0.3 is 11.1 Å². The molecule has 0 unspecified atom stereocenters. The van der Waals surface area contributed by atoms with Gasteiger partial charge >= 0.3 is 0 Å². The van der Waals surface area contributed by atoms with E-state index in [1.807, 2.05) is 0 Å². The first-order chi connectivity index (χ1) is 12.6. The van der Waals surface area contributed by atoms with Crippen LogP contribution < -0.4 is 16.6 Å². The molecule has 1 aromatic carbocycles. The van der Waals surface area contributed by atoms with Gasteiger partial charge in [-0.15, -0.1) is 0 Å². The van der Waals surface area contributed by atoms with E-state index < -0.39 is 0 Å². The Morgan fingerprint density at radius 3 is 2.69 bits per heavy atom. The Morgan fingerprint density at radius 2 is 2.00 bits per heavy atom. The van der Waals surface area contributed by atoms with Gasteiger partial charge in [0.1, 0.15) is 0 Å². The topological polar surface area (TPSA) is 110 Å². The van der Waals surface area contributed by atoms with Crippen molar-refractivity contribution in [1.82, 2.24) is 19.9 Å². The van der Waals surface area contributed by atoms with Crippen LogP contribution in [0.5, 0.6) is 0 Å². The van der Waals surface area contributed by atoms with Crippen LogP contribution in [-0.2, 0) is 6.54 Å². The molecule has 132 valence electrons. The van der Waals surface area contributed by atoms with Crippen molar-refractivity contribution in [3.8, 4) is 0 Å². The highest BCUT2D eigenvalue weighted by Crippen LogP contribution is 2.33. The maximum absolute atomic E-state index is 11.9. The number of fused-ring (bicyclic) bond motifs is 1. The molecule has 0 aliphatic heterocycles. The van der Waals surface area contributed by atoms with Crippen LogP contribution in [0.3, 0.4) is 0 Å². The molecule has 7 heteroatoms. The number of anilines is 2. The third kappa shape index (κ3) is 3.15. The van der Waals surface area contributed by atoms with Crippen molar-refractivity contribution < 1.29 is 0 Å². The Hall–Kier alpha value is -3.22. The standard InChI is InChI=1S/C19H20N6O/c1-11(12-3-2-4-12)13-5-7-14(8-6-13)21-9-15-10-22-17-16(23-15)18(26)25-19(20)24-17/h5-8,10,21H,2-4,9H2,1H3,(H3,20,22,24,25,26). The van der Waals surface area contributed by atoms with Crippen LogP contribution in [0.25, 0.3) is 16.7 Å². The summed E-state index contributed by atoms with van der Waals surface area (Å²) in [6, 6.07) is 8.38. The van der Waals surface area contributed by atoms with Crippen molar-refractivity contribution in [3.05, 3.63) is 57.6 Å². The molecule has 1 saturated carbocycles. The molecular formula is C19H20N6O. The molecule has 1 fully saturated rings. The van der Waals surface area contributed by atoms with Gasteiger partial charge in [0.2, 0.25) is 5.95 Å². The van der Waals surface area contributed by atoms with Crippen molar-refractivity contribution in [1.29, 1.82) is 0 Å². The second kappa shape index (κ2) is 6.59. The van der Waals surface area contributed by atoms with E-state index in [-0.39, 0.29) is 22.7 Å². The molecule has 0 atom stereocenters. The highest BCUT2D eigenvalue weighted by molar-refractivity contribution is 5.70. The molecule has 3 aromatic rings.